The molecule has 476 valence electrons. The second kappa shape index (κ2) is 31.0. The quantitative estimate of drug-likeness (QED) is 0.0223. The molecule has 10 aromatic rings. The molecule has 11 heterocycles. The van der Waals surface area contributed by atoms with Gasteiger partial charge in [-0.25, -0.2) is 24.9 Å². The number of ether oxygens (including phenoxy) is 4. The van der Waals surface area contributed by atoms with Gasteiger partial charge in [0.2, 0.25) is 34.2 Å². The first kappa shape index (κ1) is 66.9. The van der Waals surface area contributed by atoms with Crippen LogP contribution in [0.3, 0.4) is 0 Å². The van der Waals surface area contributed by atoms with Crippen LogP contribution in [0.4, 0.5) is 23.4 Å². The van der Waals surface area contributed by atoms with Gasteiger partial charge >= 0.3 is 128 Å². The van der Waals surface area contributed by atoms with Crippen molar-refractivity contribution in [2.75, 3.05) is 63.2 Å². The SMILES string of the molecule is COc1cc(-n2cnc(C[I-]N)c2)cc(OC)c1OC.COc1cc(-n2cnc(Nc3nc(N4CCC[C@H]4C(N)=O)c4ccsc4n3)c2)cc(C)c1C.Clc1nc(Cl)c2ccsc2n1.NC(=O)[C@@H]1CCCN1.NC(=O)[C@@H]1CCCN1c1nc(Cl)nc2sccc12. The number of aromatic nitrogens is 10. The van der Waals surface area contributed by atoms with E-state index in [1.165, 1.54) is 34.0 Å². The van der Waals surface area contributed by atoms with Gasteiger partial charge in [-0.05, 0) is 134 Å². The number of amides is 3. The van der Waals surface area contributed by atoms with Gasteiger partial charge in [0.25, 0.3) is 0 Å². The summed E-state index contributed by atoms with van der Waals surface area (Å²) in [6, 6.07) is 12.9. The normalized spacial score (nSPS) is 15.9. The van der Waals surface area contributed by atoms with E-state index in [1.54, 1.807) is 41.1 Å². The average molecular weight is 1460 g/mol. The summed E-state index contributed by atoms with van der Waals surface area (Å²) < 4.78 is 31.8. The van der Waals surface area contributed by atoms with E-state index in [0.29, 0.717) is 40.0 Å². The number of anilines is 4. The molecule has 0 unspecified atom stereocenters. The molecule has 3 amide bonds. The first-order valence-corrected chi connectivity index (χ1v) is 34.4. The average Bonchev–Trinajstić information content (AvgIpc) is 2.45. The van der Waals surface area contributed by atoms with Crippen LogP contribution < -0.4 is 82.0 Å². The third-order valence-electron chi connectivity index (χ3n) is 14.7. The predicted octanol–water partition coefficient (Wildman–Crippen LogP) is 6.08. The number of primary amides is 3. The van der Waals surface area contributed by atoms with E-state index in [9.17, 15) is 14.4 Å². The maximum absolute atomic E-state index is 12.0. The smallest absolute Gasteiger partial charge is 0.240 e. The molecule has 25 nitrogen and oxygen atoms in total. The third kappa shape index (κ3) is 16.0. The molecule has 90 heavy (non-hydrogen) atoms. The van der Waals surface area contributed by atoms with Gasteiger partial charge < -0.3 is 46.9 Å². The molecule has 2 aromatic carbocycles. The number of alkyl halides is 1. The largest absolute Gasteiger partial charge is 0.496 e. The maximum Gasteiger partial charge on any atom is 0.240 e. The molecule has 3 saturated heterocycles. The molecule has 0 radical (unpaired) electrons. The Kier molecular flexibility index (Phi) is 23.1. The van der Waals surface area contributed by atoms with Crippen LogP contribution in [0.5, 0.6) is 23.0 Å². The van der Waals surface area contributed by atoms with Gasteiger partial charge in [-0.15, -0.1) is 34.0 Å². The number of nitrogens with two attached hydrogens (primary N) is 4. The van der Waals surface area contributed by atoms with E-state index in [-0.39, 0.29) is 67.9 Å². The molecule has 0 aliphatic carbocycles. The van der Waals surface area contributed by atoms with Crippen LogP contribution in [0.1, 0.15) is 55.3 Å². The summed E-state index contributed by atoms with van der Waals surface area (Å²) in [4.78, 5) is 74.6. The van der Waals surface area contributed by atoms with Crippen molar-refractivity contribution in [1.29, 1.82) is 0 Å². The number of nitrogens with zero attached hydrogens (tertiary/aromatic N) is 12. The molecule has 0 spiro atoms. The van der Waals surface area contributed by atoms with Crippen molar-refractivity contribution in [2.45, 2.75) is 74.9 Å². The van der Waals surface area contributed by atoms with Gasteiger partial charge in [0, 0.05) is 24.5 Å². The van der Waals surface area contributed by atoms with Crippen molar-refractivity contribution in [3.63, 3.8) is 0 Å². The first-order valence-electron chi connectivity index (χ1n) is 27.9. The van der Waals surface area contributed by atoms with Crippen LogP contribution >= 0.6 is 68.8 Å². The Labute approximate surface area is 555 Å². The van der Waals surface area contributed by atoms with Crippen LogP contribution in [0, 0.1) is 13.8 Å². The number of imidazole rings is 2. The van der Waals surface area contributed by atoms with E-state index < -0.39 is 0 Å². The zero-order valence-electron chi connectivity index (χ0n) is 49.7. The van der Waals surface area contributed by atoms with Crippen molar-refractivity contribution in [3.8, 4) is 34.4 Å². The van der Waals surface area contributed by atoms with E-state index in [0.717, 1.165) is 133 Å². The maximum atomic E-state index is 12.0. The number of thiophene rings is 3. The van der Waals surface area contributed by atoms with Crippen molar-refractivity contribution in [2.24, 2.45) is 21.1 Å². The van der Waals surface area contributed by atoms with Gasteiger partial charge in [-0.3, -0.25) is 14.4 Å². The minimum Gasteiger partial charge on any atom is -0.496 e. The van der Waals surface area contributed by atoms with Gasteiger partial charge in [0.15, 0.2) is 5.82 Å². The predicted molar refractivity (Wildman–Crippen MR) is 351 cm³/mol. The van der Waals surface area contributed by atoms with Crippen molar-refractivity contribution in [1.82, 2.24) is 54.3 Å². The number of carbonyl (C=O) groups excluding carboxylic acids is 3. The summed E-state index contributed by atoms with van der Waals surface area (Å²) in [5.74, 6) is 4.26. The standard InChI is InChI=1S/C23H25N7O2S.C13H17IN3O3.C11H11ClN4OS.C6H2Cl2N2S.C5H10N2O/c1-13-9-15(10-18(32-3)14(13)2)29-11-19(25-12-29)26-23-27-21(16-6-8-33-22(16)28-23)30-7-4-5-17(30)20(24)31;1-18-11-4-10(5-12(19-2)13(11)20-3)17-7-9(6-14-15)16-8-17;12-11-14-9(6-3-5-18-10(6)15-11)16-4-1-2-7(16)8(13)17;7-4-3-1-2-11-5(3)10-6(8)9-4;6-5(8)4-2-1-3-7-4/h6,8-12,17H,4-5,7H2,1-3H3,(H2,24,31)(H,26,27,28);4-5,7-8H,6,15H2,1-3H3;3,5,7H,1-2,4H2,(H2,13,17);1-2H;4,7H,1-3H2,(H2,6,8)/q;-1;;;/t17-;;7-;;4-/m0.0.0/s1. The molecular formula is C58H65Cl3IN18O7S3-. The van der Waals surface area contributed by atoms with Crippen LogP contribution in [0.25, 0.3) is 42.0 Å². The fourth-order valence-electron chi connectivity index (χ4n) is 10.2. The summed E-state index contributed by atoms with van der Waals surface area (Å²) in [5.41, 5.74) is 21.2. The topological polar surface area (TPSA) is 336 Å². The summed E-state index contributed by atoms with van der Waals surface area (Å²) in [6.07, 6.45) is 12.7. The van der Waals surface area contributed by atoms with Crippen LogP contribution in [0.15, 0.2) is 83.7 Å². The number of aryl methyl sites for hydroxylation is 1. The summed E-state index contributed by atoms with van der Waals surface area (Å²) in [7, 11) is 6.45. The fourth-order valence-corrected chi connectivity index (χ4v) is 14.1. The fraction of sp³-hybridized carbons (Fsp3) is 0.328. The molecule has 13 rings (SSSR count). The number of nitrogens with one attached hydrogen (secondary N) is 2. The number of hydrogen-bond donors (Lipinski definition) is 6. The second-order valence-electron chi connectivity index (χ2n) is 20.3. The Morgan fingerprint density at radius 2 is 1.18 bits per heavy atom. The van der Waals surface area contributed by atoms with Crippen molar-refractivity contribution in [3.05, 3.63) is 116 Å². The van der Waals surface area contributed by atoms with Gasteiger partial charge in [-0.1, -0.05) is 11.6 Å². The Morgan fingerprint density at radius 3 is 1.72 bits per heavy atom. The Balaban J connectivity index is 0.000000145. The van der Waals surface area contributed by atoms with E-state index >= 15 is 0 Å². The van der Waals surface area contributed by atoms with Gasteiger partial charge in [-0.2, -0.15) is 9.97 Å². The molecule has 3 atom stereocenters. The number of benzene rings is 2. The molecule has 3 fully saturated rings. The zero-order chi connectivity index (χ0) is 64.2. The summed E-state index contributed by atoms with van der Waals surface area (Å²) in [5, 5.41) is 15.6. The van der Waals surface area contributed by atoms with Gasteiger partial charge in [0.1, 0.15) is 55.4 Å². The molecule has 0 bridgehead atoms. The number of halogens is 4. The minimum absolute atomic E-state index is 0.0463. The van der Waals surface area contributed by atoms with E-state index in [1.807, 2.05) is 90.8 Å². The number of carbonyl (C=O) groups is 3. The van der Waals surface area contributed by atoms with Crippen molar-refractivity contribution >= 4 is 141 Å². The van der Waals surface area contributed by atoms with Crippen LogP contribution in [0.2, 0.25) is 15.7 Å². The number of fused-ring (bicyclic) bond motifs is 3. The molecular weight excluding hydrogens is 1390 g/mol. The van der Waals surface area contributed by atoms with Gasteiger partial charge in [0.05, 0.1) is 35.8 Å². The number of rotatable bonds is 15. The van der Waals surface area contributed by atoms with Crippen LogP contribution in [-0.4, -0.2) is 133 Å². The third-order valence-corrected chi connectivity index (χ3v) is 19.0. The number of methoxy groups -OCH3 is 4. The summed E-state index contributed by atoms with van der Waals surface area (Å²) >= 11 is 21.5. The summed E-state index contributed by atoms with van der Waals surface area (Å²) in [6.45, 7) is 6.54. The Bertz CT molecular complexity index is 4120. The second-order valence-corrected chi connectivity index (χ2v) is 25.6. The van der Waals surface area contributed by atoms with E-state index in [4.69, 9.17) is 79.9 Å². The zero-order valence-corrected chi connectivity index (χ0v) is 56.5. The first-order chi connectivity index (χ1) is 43.4. The molecule has 3 aliphatic heterocycles. The molecule has 0 saturated carbocycles. The van der Waals surface area contributed by atoms with Crippen molar-refractivity contribution < 1.29 is 54.8 Å². The Morgan fingerprint density at radius 1 is 0.644 bits per heavy atom. The number of hydrogen-bond acceptors (Lipinski definition) is 23. The molecule has 32 heteroatoms. The van der Waals surface area contributed by atoms with Crippen LogP contribution in [-0.2, 0) is 18.8 Å². The molecule has 3 aliphatic rings. The minimum atomic E-state index is -0.352. The Hall–Kier alpha value is -7.49. The molecule has 8 aromatic heterocycles. The molecule has 10 N–H and O–H groups in total. The van der Waals surface area contributed by atoms with E-state index in [2.05, 4.69) is 58.5 Å². The monoisotopic (exact) mass is 1450 g/mol.